The fourth-order valence-electron chi connectivity index (χ4n) is 1.70. The number of rotatable bonds is 5. The maximum absolute atomic E-state index is 12.0. The number of ether oxygens (including phenoxy) is 4. The van der Waals surface area contributed by atoms with Gasteiger partial charge >= 0.3 is 0 Å². The maximum Gasteiger partial charge on any atom is 0.185 e. The van der Waals surface area contributed by atoms with Crippen LogP contribution in [-0.2, 0) is 9.47 Å². The third-order valence-electron chi connectivity index (χ3n) is 2.75. The lowest BCUT2D eigenvalue weighted by atomic mass is 10.1. The molecule has 1 aromatic rings. The largest absolute Gasteiger partial charge is 0.497 e. The second-order valence-corrected chi connectivity index (χ2v) is 4.02. The Kier molecular flexibility index (Phi) is 4.54. The molecule has 1 aliphatic heterocycles. The molecule has 1 saturated heterocycles. The van der Waals surface area contributed by atoms with Gasteiger partial charge in [-0.2, -0.15) is 0 Å². The van der Waals surface area contributed by atoms with E-state index in [0.29, 0.717) is 23.7 Å². The van der Waals surface area contributed by atoms with Crippen molar-refractivity contribution >= 4 is 5.78 Å². The molecule has 0 N–H and O–H groups in total. The highest BCUT2D eigenvalue weighted by Crippen LogP contribution is 2.23. The average molecular weight is 264 g/mol. The Morgan fingerprint density at radius 1 is 1.26 bits per heavy atom. The van der Waals surface area contributed by atoms with Gasteiger partial charge in [0.1, 0.15) is 24.4 Å². The van der Waals surface area contributed by atoms with E-state index in [9.17, 15) is 4.79 Å². The summed E-state index contributed by atoms with van der Waals surface area (Å²) in [6, 6.07) is 5.05. The predicted octanol–water partition coefficient (Wildman–Crippen LogP) is 1.82. The molecule has 102 valence electrons. The number of ketones is 1. The summed E-state index contributed by atoms with van der Waals surface area (Å²) in [5.74, 6) is 1.03. The number of hydrogen-bond acceptors (Lipinski definition) is 5. The van der Waals surface area contributed by atoms with Crippen LogP contribution in [0.2, 0.25) is 0 Å². The van der Waals surface area contributed by atoms with Gasteiger partial charge in [0, 0.05) is 11.6 Å². The van der Waals surface area contributed by atoms with Gasteiger partial charge in [-0.3, -0.25) is 4.79 Å². The molecule has 1 atom stereocenters. The van der Waals surface area contributed by atoms with Gasteiger partial charge in [-0.1, -0.05) is 0 Å². The number of carbonyl (C=O) groups is 1. The number of carbonyl (C=O) groups excluding carboxylic acids is 1. The number of hydrogen-bond donors (Lipinski definition) is 0. The van der Waals surface area contributed by atoms with Crippen LogP contribution in [0.3, 0.4) is 0 Å². The summed E-state index contributed by atoms with van der Waals surface area (Å²) in [5, 5.41) is 0. The molecule has 0 saturated carbocycles. The van der Waals surface area contributed by atoms with E-state index in [1.54, 1.807) is 38.5 Å². The van der Waals surface area contributed by atoms with Crippen molar-refractivity contribution in [3.8, 4) is 11.5 Å². The van der Waals surface area contributed by atoms with Crippen LogP contribution >= 0.6 is 0 Å². The molecule has 1 unspecified atom stereocenters. The zero-order chi connectivity index (χ0) is 13.7. The molecular weight excluding hydrogens is 248 g/mol. The fraction of sp³-hybridized carbons (Fsp3) is 0.357. The molecule has 1 aliphatic rings. The van der Waals surface area contributed by atoms with E-state index in [1.165, 1.54) is 6.08 Å². The summed E-state index contributed by atoms with van der Waals surface area (Å²) in [6.07, 6.45) is 3.02. The van der Waals surface area contributed by atoms with Gasteiger partial charge in [-0.15, -0.1) is 0 Å². The van der Waals surface area contributed by atoms with Gasteiger partial charge in [0.15, 0.2) is 5.78 Å². The maximum atomic E-state index is 12.0. The first-order valence-electron chi connectivity index (χ1n) is 5.88. The van der Waals surface area contributed by atoms with E-state index in [2.05, 4.69) is 0 Å². The van der Waals surface area contributed by atoms with E-state index in [0.717, 1.165) is 0 Å². The fourth-order valence-corrected chi connectivity index (χ4v) is 1.70. The molecule has 1 fully saturated rings. The summed E-state index contributed by atoms with van der Waals surface area (Å²) in [6.45, 7) is 0.751. The van der Waals surface area contributed by atoms with E-state index >= 15 is 0 Å². The van der Waals surface area contributed by atoms with Crippen LogP contribution in [0.25, 0.3) is 0 Å². The molecule has 5 heteroatoms. The Hall–Kier alpha value is -1.85. The quantitative estimate of drug-likeness (QED) is 0.599. The minimum absolute atomic E-state index is 0.132. The van der Waals surface area contributed by atoms with Crippen molar-refractivity contribution in [1.29, 1.82) is 0 Å². The highest BCUT2D eigenvalue weighted by atomic mass is 16.7. The highest BCUT2D eigenvalue weighted by molar-refractivity contribution is 6.05. The summed E-state index contributed by atoms with van der Waals surface area (Å²) in [5.41, 5.74) is 0.506. The van der Waals surface area contributed by atoms with Gasteiger partial charge in [0.25, 0.3) is 0 Å². The Morgan fingerprint density at radius 2 is 1.95 bits per heavy atom. The van der Waals surface area contributed by atoms with Crippen molar-refractivity contribution in [3.05, 3.63) is 35.9 Å². The molecule has 0 amide bonds. The van der Waals surface area contributed by atoms with Gasteiger partial charge in [0.2, 0.25) is 0 Å². The van der Waals surface area contributed by atoms with Gasteiger partial charge in [-0.25, -0.2) is 0 Å². The van der Waals surface area contributed by atoms with Crippen LogP contribution in [0.1, 0.15) is 10.4 Å². The normalized spacial score (nSPS) is 18.7. The van der Waals surface area contributed by atoms with Crippen molar-refractivity contribution in [2.24, 2.45) is 0 Å². The molecule has 5 nitrogen and oxygen atoms in total. The standard InChI is InChI=1S/C14H16O5/c1-16-12-5-10(6-13(7-12)17-2)14(15)4-3-11-8-18-9-19-11/h3-7,11H,8-9H2,1-2H3. The lowest BCUT2D eigenvalue weighted by Crippen LogP contribution is -2.06. The molecule has 0 radical (unpaired) electrons. The molecular formula is C14H16O5. The van der Waals surface area contributed by atoms with Crippen molar-refractivity contribution in [2.75, 3.05) is 27.6 Å². The molecule has 19 heavy (non-hydrogen) atoms. The lowest BCUT2D eigenvalue weighted by molar-refractivity contribution is 0.0571. The van der Waals surface area contributed by atoms with E-state index in [-0.39, 0.29) is 18.7 Å². The van der Waals surface area contributed by atoms with Crippen LogP contribution in [0.5, 0.6) is 11.5 Å². The van der Waals surface area contributed by atoms with E-state index in [1.807, 2.05) is 0 Å². The van der Waals surface area contributed by atoms with E-state index in [4.69, 9.17) is 18.9 Å². The molecule has 1 heterocycles. The minimum atomic E-state index is -0.156. The van der Waals surface area contributed by atoms with Crippen LogP contribution in [0.15, 0.2) is 30.4 Å². The van der Waals surface area contributed by atoms with Gasteiger partial charge in [-0.05, 0) is 24.3 Å². The molecule has 0 aromatic heterocycles. The number of benzene rings is 1. The number of methoxy groups -OCH3 is 2. The first-order chi connectivity index (χ1) is 9.22. The van der Waals surface area contributed by atoms with Gasteiger partial charge in [0.05, 0.1) is 20.8 Å². The second-order valence-electron chi connectivity index (χ2n) is 4.02. The predicted molar refractivity (Wildman–Crippen MR) is 68.7 cm³/mol. The monoisotopic (exact) mass is 264 g/mol. The summed E-state index contributed by atoms with van der Waals surface area (Å²) in [4.78, 5) is 12.0. The summed E-state index contributed by atoms with van der Waals surface area (Å²) in [7, 11) is 3.09. The molecule has 2 rings (SSSR count). The van der Waals surface area contributed by atoms with Crippen LogP contribution in [0, 0.1) is 0 Å². The zero-order valence-electron chi connectivity index (χ0n) is 10.9. The Morgan fingerprint density at radius 3 is 2.47 bits per heavy atom. The third kappa shape index (κ3) is 3.56. The lowest BCUT2D eigenvalue weighted by Gasteiger charge is -2.06. The average Bonchev–Trinajstić information content (AvgIpc) is 2.97. The molecule has 0 spiro atoms. The molecule has 0 aliphatic carbocycles. The Balaban J connectivity index is 2.13. The number of allylic oxidation sites excluding steroid dienone is 1. The van der Waals surface area contributed by atoms with Crippen molar-refractivity contribution in [1.82, 2.24) is 0 Å². The van der Waals surface area contributed by atoms with Crippen molar-refractivity contribution in [2.45, 2.75) is 6.10 Å². The van der Waals surface area contributed by atoms with Crippen molar-refractivity contribution < 1.29 is 23.7 Å². The Labute approximate surface area is 111 Å². The zero-order valence-corrected chi connectivity index (χ0v) is 10.9. The van der Waals surface area contributed by atoms with E-state index < -0.39 is 0 Å². The topological polar surface area (TPSA) is 54.0 Å². The van der Waals surface area contributed by atoms with Crippen LogP contribution in [-0.4, -0.2) is 39.5 Å². The molecule has 1 aromatic carbocycles. The first-order valence-corrected chi connectivity index (χ1v) is 5.88. The third-order valence-corrected chi connectivity index (χ3v) is 2.75. The Bertz CT molecular complexity index is 452. The van der Waals surface area contributed by atoms with Crippen LogP contribution in [0.4, 0.5) is 0 Å². The van der Waals surface area contributed by atoms with Crippen LogP contribution < -0.4 is 9.47 Å². The minimum Gasteiger partial charge on any atom is -0.497 e. The summed E-state index contributed by atoms with van der Waals surface area (Å²) < 4.78 is 20.5. The smallest absolute Gasteiger partial charge is 0.185 e. The van der Waals surface area contributed by atoms with Gasteiger partial charge < -0.3 is 18.9 Å². The van der Waals surface area contributed by atoms with Crippen molar-refractivity contribution in [3.63, 3.8) is 0 Å². The second kappa shape index (κ2) is 6.36. The molecule has 0 bridgehead atoms. The SMILES string of the molecule is COc1cc(OC)cc(C(=O)C=CC2COCO2)c1. The summed E-state index contributed by atoms with van der Waals surface area (Å²) >= 11 is 0. The highest BCUT2D eigenvalue weighted by Gasteiger charge is 2.13. The first kappa shape index (κ1) is 13.6.